The number of hydrogen-bond acceptors (Lipinski definition) is 12. The molecule has 7 rings (SSSR count). The fourth-order valence-corrected chi connectivity index (χ4v) is 8.44. The summed E-state index contributed by atoms with van der Waals surface area (Å²) in [6.07, 6.45) is 2.64. The van der Waals surface area contributed by atoms with E-state index in [9.17, 15) is 15.0 Å². The number of rotatable bonds is 11. The van der Waals surface area contributed by atoms with Gasteiger partial charge in [0.1, 0.15) is 18.3 Å². The number of carbonyl (C=O) groups is 1. The Kier molecular flexibility index (Phi) is 9.93. The van der Waals surface area contributed by atoms with E-state index in [1.54, 1.807) is 17.0 Å². The van der Waals surface area contributed by atoms with Crippen LogP contribution >= 0.6 is 0 Å². The summed E-state index contributed by atoms with van der Waals surface area (Å²) in [4.78, 5) is 22.5. The zero-order valence-corrected chi connectivity index (χ0v) is 28.9. The number of nitrogens with one attached hydrogen (secondary N) is 1. The van der Waals surface area contributed by atoms with Gasteiger partial charge in [-0.1, -0.05) is 26.0 Å². The number of ether oxygens (including phenoxy) is 1. The summed E-state index contributed by atoms with van der Waals surface area (Å²) in [7, 11) is 1.87. The van der Waals surface area contributed by atoms with E-state index in [1.165, 1.54) is 12.8 Å². The summed E-state index contributed by atoms with van der Waals surface area (Å²) in [5, 5.41) is 36.4. The van der Waals surface area contributed by atoms with E-state index >= 15 is 0 Å². The van der Waals surface area contributed by atoms with Crippen LogP contribution in [0.15, 0.2) is 40.9 Å². The predicted molar refractivity (Wildman–Crippen MR) is 186 cm³/mol. The number of phenolic OH excluding ortho intramolecular Hbond substituents is 1. The van der Waals surface area contributed by atoms with E-state index < -0.39 is 12.0 Å². The number of carbonyl (C=O) groups excluding carboxylic acids is 1. The van der Waals surface area contributed by atoms with Crippen LogP contribution in [-0.4, -0.2) is 131 Å². The number of amides is 1. The van der Waals surface area contributed by atoms with Crippen LogP contribution < -0.4 is 15.0 Å². The number of piperazine rings is 1. The van der Waals surface area contributed by atoms with Crippen LogP contribution in [0.4, 0.5) is 11.5 Å². The minimum absolute atomic E-state index is 0.0219. The molecule has 13 nitrogen and oxygen atoms in total. The number of likely N-dealkylation sites (tertiary alicyclic amines) is 2. The van der Waals surface area contributed by atoms with Gasteiger partial charge in [-0.05, 0) is 60.4 Å². The van der Waals surface area contributed by atoms with Gasteiger partial charge in [-0.2, -0.15) is 0 Å². The lowest BCUT2D eigenvalue weighted by atomic mass is 9.92. The third-order valence-corrected chi connectivity index (χ3v) is 11.0. The van der Waals surface area contributed by atoms with Crippen LogP contribution in [0.1, 0.15) is 44.8 Å². The third-order valence-electron chi connectivity index (χ3n) is 11.0. The molecule has 3 N–H and O–H groups in total. The summed E-state index contributed by atoms with van der Waals surface area (Å²) in [6.45, 7) is 12.4. The molecule has 4 fully saturated rings. The number of phenols is 1. The number of fused-ring (bicyclic) bond motifs is 1. The molecule has 3 unspecified atom stereocenters. The molecule has 2 aromatic heterocycles. The van der Waals surface area contributed by atoms with Crippen LogP contribution in [0.2, 0.25) is 0 Å². The highest BCUT2D eigenvalue weighted by atomic mass is 16.5. The maximum absolute atomic E-state index is 13.2. The number of aromatic nitrogens is 3. The zero-order valence-electron chi connectivity index (χ0n) is 28.9. The number of aromatic hydroxyl groups is 1. The standard InChI is InChI=1S/C36H50N8O5/c1-23(2)34(36(47)44-9-8-27(45)22-44)32-19-33(40-49-32)48-15-14-41-20-24-16-26(17-25(24)21-41)42-10-12-43(13-11-42)30-18-29(38-39-35(30)37-3)28-6-4-5-7-31(28)46/h4-7,18-19,23-27,34,45-46H,8-17,20-22H2,1-3H3,(H,37,39)/t24?,25?,26?,27-,34?/m1/s1. The smallest absolute Gasteiger partial charge is 0.254 e. The summed E-state index contributed by atoms with van der Waals surface area (Å²) in [6, 6.07) is 11.7. The maximum Gasteiger partial charge on any atom is 0.254 e. The molecule has 49 heavy (non-hydrogen) atoms. The molecule has 1 aromatic carbocycles. The highest BCUT2D eigenvalue weighted by Gasteiger charge is 2.43. The van der Waals surface area contributed by atoms with Gasteiger partial charge in [-0.15, -0.1) is 10.2 Å². The van der Waals surface area contributed by atoms with Gasteiger partial charge in [0, 0.05) is 83.6 Å². The molecular formula is C36H50N8O5. The van der Waals surface area contributed by atoms with Crippen molar-refractivity contribution in [1.29, 1.82) is 0 Å². The van der Waals surface area contributed by atoms with Crippen LogP contribution in [0.3, 0.4) is 0 Å². The first-order valence-corrected chi connectivity index (χ1v) is 17.9. The molecule has 13 heteroatoms. The van der Waals surface area contributed by atoms with Gasteiger partial charge in [0.05, 0.1) is 17.5 Å². The number of hydrogen-bond donors (Lipinski definition) is 3. The van der Waals surface area contributed by atoms with Crippen LogP contribution in [0.25, 0.3) is 11.3 Å². The average molecular weight is 675 g/mol. The minimum Gasteiger partial charge on any atom is -0.507 e. The van der Waals surface area contributed by atoms with Crippen molar-refractivity contribution in [1.82, 2.24) is 30.1 Å². The normalized spacial score (nSPS) is 25.2. The number of nitrogens with zero attached hydrogens (tertiary/aromatic N) is 7. The van der Waals surface area contributed by atoms with Crippen molar-refractivity contribution in [3.63, 3.8) is 0 Å². The minimum atomic E-state index is -0.451. The predicted octanol–water partition coefficient (Wildman–Crippen LogP) is 3.12. The van der Waals surface area contributed by atoms with Gasteiger partial charge in [0.15, 0.2) is 11.6 Å². The SMILES string of the molecule is CNc1nnc(-c2ccccc2O)cc1N1CCN(C2CC3CN(CCOc4cc(C(C(=O)N5CC[C@@H](O)C5)C(C)C)on4)CC3C2)CC1. The van der Waals surface area contributed by atoms with Crippen LogP contribution in [-0.2, 0) is 4.79 Å². The summed E-state index contributed by atoms with van der Waals surface area (Å²) in [5.74, 6) is 2.91. The molecule has 1 aliphatic carbocycles. The molecule has 4 atom stereocenters. The van der Waals surface area contributed by atoms with Gasteiger partial charge < -0.3 is 34.6 Å². The van der Waals surface area contributed by atoms with Crippen molar-refractivity contribution < 1.29 is 24.3 Å². The molecule has 0 bridgehead atoms. The number of anilines is 2. The number of aliphatic hydroxyl groups excluding tert-OH is 1. The first-order chi connectivity index (χ1) is 23.8. The summed E-state index contributed by atoms with van der Waals surface area (Å²) in [5.41, 5.74) is 2.38. The monoisotopic (exact) mass is 674 g/mol. The molecule has 1 saturated carbocycles. The van der Waals surface area contributed by atoms with Crippen molar-refractivity contribution in [2.45, 2.75) is 51.2 Å². The number of benzene rings is 1. The van der Waals surface area contributed by atoms with E-state index in [0.29, 0.717) is 66.9 Å². The molecule has 3 aromatic rings. The van der Waals surface area contributed by atoms with Crippen molar-refractivity contribution in [3.05, 3.63) is 42.2 Å². The molecule has 3 aliphatic heterocycles. The summed E-state index contributed by atoms with van der Waals surface area (Å²) < 4.78 is 11.6. The Hall–Kier alpha value is -3.94. The Balaban J connectivity index is 0.864. The van der Waals surface area contributed by atoms with Gasteiger partial charge in [-0.25, -0.2) is 0 Å². The van der Waals surface area contributed by atoms with Crippen molar-refractivity contribution in [2.75, 3.05) is 82.8 Å². The van der Waals surface area contributed by atoms with Gasteiger partial charge in [0.25, 0.3) is 5.88 Å². The molecule has 4 aliphatic rings. The highest BCUT2D eigenvalue weighted by molar-refractivity contribution is 5.83. The maximum atomic E-state index is 13.2. The lowest BCUT2D eigenvalue weighted by Crippen LogP contribution is -2.50. The molecule has 0 spiro atoms. The molecule has 3 saturated heterocycles. The van der Waals surface area contributed by atoms with Crippen LogP contribution in [0, 0.1) is 17.8 Å². The topological polar surface area (TPSA) is 144 Å². The lowest BCUT2D eigenvalue weighted by molar-refractivity contribution is -0.133. The average Bonchev–Trinajstić information content (AvgIpc) is 3.90. The first-order valence-electron chi connectivity index (χ1n) is 17.9. The van der Waals surface area contributed by atoms with Crippen molar-refractivity contribution in [3.8, 4) is 22.9 Å². The highest BCUT2D eigenvalue weighted by Crippen LogP contribution is 2.41. The second-order valence-electron chi connectivity index (χ2n) is 14.5. The van der Waals surface area contributed by atoms with Crippen molar-refractivity contribution >= 4 is 17.4 Å². The molecule has 5 heterocycles. The Morgan fingerprint density at radius 2 is 1.80 bits per heavy atom. The van der Waals surface area contributed by atoms with E-state index in [2.05, 4.69) is 35.4 Å². The van der Waals surface area contributed by atoms with E-state index in [1.807, 2.05) is 45.2 Å². The zero-order chi connectivity index (χ0) is 34.1. The number of aliphatic hydroxyl groups is 1. The second kappa shape index (κ2) is 14.5. The Labute approximate surface area is 288 Å². The van der Waals surface area contributed by atoms with E-state index in [-0.39, 0.29) is 17.6 Å². The number of para-hydroxylation sites is 1. The lowest BCUT2D eigenvalue weighted by Gasteiger charge is -2.40. The quantitative estimate of drug-likeness (QED) is 0.275. The van der Waals surface area contributed by atoms with Crippen molar-refractivity contribution in [2.24, 2.45) is 17.8 Å². The van der Waals surface area contributed by atoms with E-state index in [4.69, 9.17) is 9.26 Å². The molecular weight excluding hydrogens is 624 g/mol. The Morgan fingerprint density at radius 3 is 2.47 bits per heavy atom. The van der Waals surface area contributed by atoms with E-state index in [0.717, 1.165) is 57.3 Å². The van der Waals surface area contributed by atoms with Gasteiger partial charge in [-0.3, -0.25) is 14.6 Å². The molecule has 0 radical (unpaired) electrons. The van der Waals surface area contributed by atoms with Gasteiger partial charge >= 0.3 is 0 Å². The molecule has 1 amide bonds. The fraction of sp³-hybridized carbons (Fsp3) is 0.611. The Bertz CT molecular complexity index is 1580. The first kappa shape index (κ1) is 33.6. The third kappa shape index (κ3) is 7.20. The molecule has 264 valence electrons. The second-order valence-corrected chi connectivity index (χ2v) is 14.5. The largest absolute Gasteiger partial charge is 0.507 e. The number of β-amino-alcohol motifs (C(OH)–C–C–N with tert-alkyl or cyclic N) is 1. The fourth-order valence-electron chi connectivity index (χ4n) is 8.44. The Morgan fingerprint density at radius 1 is 1.04 bits per heavy atom. The van der Waals surface area contributed by atoms with Gasteiger partial charge in [0.2, 0.25) is 5.91 Å². The van der Waals surface area contributed by atoms with Crippen LogP contribution in [0.5, 0.6) is 11.6 Å². The summed E-state index contributed by atoms with van der Waals surface area (Å²) >= 11 is 0.